The highest BCUT2D eigenvalue weighted by Gasteiger charge is 2.25. The maximum Gasteiger partial charge on any atom is 0.265 e. The third-order valence-electron chi connectivity index (χ3n) is 5.40. The third-order valence-corrected chi connectivity index (χ3v) is 5.40. The first-order chi connectivity index (χ1) is 14.5. The Balaban J connectivity index is 1.54. The first kappa shape index (κ1) is 19.7. The van der Waals surface area contributed by atoms with Crippen molar-refractivity contribution >= 4 is 23.2 Å². The molecule has 0 unspecified atom stereocenters. The fraction of sp³-hybridized carbons (Fsp3) is 0.200. The van der Waals surface area contributed by atoms with Crippen molar-refractivity contribution in [2.75, 3.05) is 23.4 Å². The van der Waals surface area contributed by atoms with Crippen LogP contribution in [0.5, 0.6) is 5.75 Å². The number of carbonyl (C=O) groups excluding carboxylic acids is 2. The first-order valence-corrected chi connectivity index (χ1v) is 10.0. The molecule has 1 N–H and O–H groups in total. The summed E-state index contributed by atoms with van der Waals surface area (Å²) in [5.41, 5.74) is 5.28. The number of nitrogens with zero attached hydrogens (tertiary/aromatic N) is 1. The van der Waals surface area contributed by atoms with E-state index in [0.717, 1.165) is 23.1 Å². The van der Waals surface area contributed by atoms with Crippen molar-refractivity contribution < 1.29 is 14.3 Å². The van der Waals surface area contributed by atoms with Gasteiger partial charge >= 0.3 is 0 Å². The minimum Gasteiger partial charge on any atom is -0.482 e. The van der Waals surface area contributed by atoms with E-state index < -0.39 is 0 Å². The first-order valence-electron chi connectivity index (χ1n) is 10.0. The van der Waals surface area contributed by atoms with Crippen molar-refractivity contribution in [2.24, 2.45) is 0 Å². The van der Waals surface area contributed by atoms with E-state index in [1.165, 1.54) is 0 Å². The summed E-state index contributed by atoms with van der Waals surface area (Å²) in [5.74, 6) is 0.375. The molecule has 0 aromatic heterocycles. The van der Waals surface area contributed by atoms with Gasteiger partial charge in [-0.15, -0.1) is 0 Å². The SMILES string of the molecule is Cc1ccc(C(=O)Nc2ccc3c(c2)N(CCc2ccccc2)C(=O)CO3)cc1C. The number of hydrogen-bond acceptors (Lipinski definition) is 3. The molecule has 0 saturated carbocycles. The van der Waals surface area contributed by atoms with Crippen LogP contribution in [0.2, 0.25) is 0 Å². The third kappa shape index (κ3) is 4.20. The maximum absolute atomic E-state index is 12.7. The smallest absolute Gasteiger partial charge is 0.265 e. The van der Waals surface area contributed by atoms with Gasteiger partial charge in [0.1, 0.15) is 5.75 Å². The van der Waals surface area contributed by atoms with E-state index in [-0.39, 0.29) is 18.4 Å². The van der Waals surface area contributed by atoms with Crippen LogP contribution >= 0.6 is 0 Å². The van der Waals surface area contributed by atoms with Crippen molar-refractivity contribution in [1.29, 1.82) is 0 Å². The van der Waals surface area contributed by atoms with Gasteiger partial charge in [0.25, 0.3) is 11.8 Å². The van der Waals surface area contributed by atoms with Crippen LogP contribution in [0.15, 0.2) is 66.7 Å². The molecule has 0 saturated heterocycles. The zero-order valence-corrected chi connectivity index (χ0v) is 17.1. The Morgan fingerprint density at radius 2 is 1.80 bits per heavy atom. The summed E-state index contributed by atoms with van der Waals surface area (Å²) >= 11 is 0. The average molecular weight is 400 g/mol. The zero-order valence-electron chi connectivity index (χ0n) is 17.1. The Hall–Kier alpha value is -3.60. The maximum atomic E-state index is 12.7. The Morgan fingerprint density at radius 3 is 2.57 bits per heavy atom. The van der Waals surface area contributed by atoms with Crippen LogP contribution in [0.1, 0.15) is 27.0 Å². The van der Waals surface area contributed by atoms with Crippen LogP contribution in [0.4, 0.5) is 11.4 Å². The molecule has 0 bridgehead atoms. The van der Waals surface area contributed by atoms with Gasteiger partial charge in [0, 0.05) is 17.8 Å². The summed E-state index contributed by atoms with van der Waals surface area (Å²) in [6, 6.07) is 21.1. The zero-order chi connectivity index (χ0) is 21.1. The highest BCUT2D eigenvalue weighted by atomic mass is 16.5. The Labute approximate surface area is 176 Å². The van der Waals surface area contributed by atoms with E-state index in [1.54, 1.807) is 23.1 Å². The van der Waals surface area contributed by atoms with Crippen LogP contribution in [0.3, 0.4) is 0 Å². The standard InChI is InChI=1S/C25H24N2O3/c1-17-8-9-20(14-18(17)2)25(29)26-21-10-11-23-22(15-21)27(24(28)16-30-23)13-12-19-6-4-3-5-7-19/h3-11,14-15H,12-13,16H2,1-2H3,(H,26,29). The van der Waals surface area contributed by atoms with Gasteiger partial charge in [-0.05, 0) is 67.3 Å². The number of anilines is 2. The van der Waals surface area contributed by atoms with E-state index in [2.05, 4.69) is 5.32 Å². The highest BCUT2D eigenvalue weighted by molar-refractivity contribution is 6.05. The minimum atomic E-state index is -0.183. The van der Waals surface area contributed by atoms with Gasteiger partial charge in [-0.1, -0.05) is 36.4 Å². The van der Waals surface area contributed by atoms with Crippen molar-refractivity contribution in [3.05, 3.63) is 89.0 Å². The molecule has 1 aliphatic heterocycles. The largest absolute Gasteiger partial charge is 0.482 e. The fourth-order valence-electron chi connectivity index (χ4n) is 3.50. The predicted octanol–water partition coefficient (Wildman–Crippen LogP) is 4.52. The molecule has 1 aliphatic rings. The number of hydrogen-bond donors (Lipinski definition) is 1. The molecule has 3 aromatic carbocycles. The van der Waals surface area contributed by atoms with Crippen LogP contribution in [0, 0.1) is 13.8 Å². The molecule has 0 aliphatic carbocycles. The van der Waals surface area contributed by atoms with Crippen LogP contribution in [-0.2, 0) is 11.2 Å². The van der Waals surface area contributed by atoms with Crippen molar-refractivity contribution in [2.45, 2.75) is 20.3 Å². The summed E-state index contributed by atoms with van der Waals surface area (Å²) < 4.78 is 5.59. The normalized spacial score (nSPS) is 12.9. The van der Waals surface area contributed by atoms with E-state index in [1.807, 2.05) is 62.4 Å². The molecular weight excluding hydrogens is 376 g/mol. The van der Waals surface area contributed by atoms with E-state index in [4.69, 9.17) is 4.74 Å². The number of nitrogens with one attached hydrogen (secondary N) is 1. The lowest BCUT2D eigenvalue weighted by atomic mass is 10.1. The summed E-state index contributed by atoms with van der Waals surface area (Å²) in [6.07, 6.45) is 0.741. The molecule has 1 heterocycles. The second kappa shape index (κ2) is 8.41. The number of benzene rings is 3. The van der Waals surface area contributed by atoms with Gasteiger partial charge in [-0.2, -0.15) is 0 Å². The summed E-state index contributed by atoms with van der Waals surface area (Å²) in [6.45, 7) is 4.57. The van der Waals surface area contributed by atoms with Gasteiger partial charge in [0.15, 0.2) is 6.61 Å². The Morgan fingerprint density at radius 1 is 1.00 bits per heavy atom. The molecule has 0 spiro atoms. The number of ether oxygens (including phenoxy) is 1. The molecular formula is C25H24N2O3. The monoisotopic (exact) mass is 400 g/mol. The molecule has 0 atom stereocenters. The van der Waals surface area contributed by atoms with Crippen molar-refractivity contribution in [1.82, 2.24) is 0 Å². The number of aryl methyl sites for hydroxylation is 2. The molecule has 0 fully saturated rings. The molecule has 5 nitrogen and oxygen atoms in total. The second-order valence-electron chi connectivity index (χ2n) is 7.51. The fourth-order valence-corrected chi connectivity index (χ4v) is 3.50. The molecule has 5 heteroatoms. The van der Waals surface area contributed by atoms with Crippen LogP contribution in [-0.4, -0.2) is 25.0 Å². The number of fused-ring (bicyclic) bond motifs is 1. The predicted molar refractivity (Wildman–Crippen MR) is 118 cm³/mol. The molecule has 30 heavy (non-hydrogen) atoms. The highest BCUT2D eigenvalue weighted by Crippen LogP contribution is 2.35. The van der Waals surface area contributed by atoms with Crippen molar-refractivity contribution in [3.8, 4) is 5.75 Å². The lowest BCUT2D eigenvalue weighted by Gasteiger charge is -2.30. The lowest BCUT2D eigenvalue weighted by Crippen LogP contribution is -2.40. The van der Waals surface area contributed by atoms with E-state index in [9.17, 15) is 9.59 Å². The number of carbonyl (C=O) groups is 2. The van der Waals surface area contributed by atoms with Gasteiger partial charge in [-0.3, -0.25) is 9.59 Å². The summed E-state index contributed by atoms with van der Waals surface area (Å²) in [7, 11) is 0. The lowest BCUT2D eigenvalue weighted by molar-refractivity contribution is -0.121. The van der Waals surface area contributed by atoms with Gasteiger partial charge in [-0.25, -0.2) is 0 Å². The average Bonchev–Trinajstić information content (AvgIpc) is 2.75. The van der Waals surface area contributed by atoms with Crippen LogP contribution in [0.25, 0.3) is 0 Å². The Bertz CT molecular complexity index is 1090. The van der Waals surface area contributed by atoms with Gasteiger partial charge < -0.3 is 15.0 Å². The summed E-state index contributed by atoms with van der Waals surface area (Å²) in [4.78, 5) is 26.9. The number of amides is 2. The van der Waals surface area contributed by atoms with Crippen LogP contribution < -0.4 is 15.0 Å². The van der Waals surface area contributed by atoms with Gasteiger partial charge in [0.05, 0.1) is 5.69 Å². The Kier molecular flexibility index (Phi) is 5.53. The van der Waals surface area contributed by atoms with Gasteiger partial charge in [0.2, 0.25) is 0 Å². The van der Waals surface area contributed by atoms with Crippen molar-refractivity contribution in [3.63, 3.8) is 0 Å². The molecule has 152 valence electrons. The quantitative estimate of drug-likeness (QED) is 0.685. The van der Waals surface area contributed by atoms with E-state index in [0.29, 0.717) is 29.2 Å². The second-order valence-corrected chi connectivity index (χ2v) is 7.51. The molecule has 0 radical (unpaired) electrons. The number of rotatable bonds is 5. The minimum absolute atomic E-state index is 0.0239. The topological polar surface area (TPSA) is 58.6 Å². The molecule has 3 aromatic rings. The summed E-state index contributed by atoms with van der Waals surface area (Å²) in [5, 5.41) is 2.93. The molecule has 4 rings (SSSR count). The van der Waals surface area contributed by atoms with E-state index >= 15 is 0 Å². The molecule has 2 amide bonds.